The molecule has 1 aliphatic carbocycles. The van der Waals surface area contributed by atoms with Crippen LogP contribution in [-0.2, 0) is 12.7 Å². The molecule has 5 heteroatoms. The lowest BCUT2D eigenvalue weighted by molar-refractivity contribution is -0.138. The molecule has 0 radical (unpaired) electrons. The minimum atomic E-state index is -4.52. The number of halogens is 4. The zero-order valence-electron chi connectivity index (χ0n) is 12.3. The van der Waals surface area contributed by atoms with E-state index in [4.69, 9.17) is 0 Å². The van der Waals surface area contributed by atoms with Crippen LogP contribution in [0.5, 0.6) is 0 Å². The van der Waals surface area contributed by atoms with Crippen LogP contribution in [-0.4, -0.2) is 6.04 Å². The first-order valence-corrected chi connectivity index (χ1v) is 7.36. The largest absolute Gasteiger partial charge is 0.416 e. The van der Waals surface area contributed by atoms with Crippen molar-refractivity contribution in [3.05, 3.63) is 35.1 Å². The Hall–Kier alpha value is -1.10. The summed E-state index contributed by atoms with van der Waals surface area (Å²) in [5.74, 6) is 0.386. The highest BCUT2D eigenvalue weighted by Crippen LogP contribution is 2.33. The molecule has 1 aromatic carbocycles. The minimum absolute atomic E-state index is 0.107. The zero-order chi connectivity index (χ0) is 15.6. The van der Waals surface area contributed by atoms with Gasteiger partial charge in [0.2, 0.25) is 0 Å². The van der Waals surface area contributed by atoms with Gasteiger partial charge in [-0.05, 0) is 48.8 Å². The van der Waals surface area contributed by atoms with E-state index >= 15 is 0 Å². The fourth-order valence-electron chi connectivity index (χ4n) is 2.95. The van der Waals surface area contributed by atoms with Crippen LogP contribution in [0.3, 0.4) is 0 Å². The van der Waals surface area contributed by atoms with Crippen LogP contribution >= 0.6 is 0 Å². The fraction of sp³-hybridized carbons (Fsp3) is 0.625. The molecule has 21 heavy (non-hydrogen) atoms. The highest BCUT2D eigenvalue weighted by atomic mass is 19.4. The smallest absolute Gasteiger partial charge is 0.310 e. The van der Waals surface area contributed by atoms with Gasteiger partial charge in [-0.3, -0.25) is 0 Å². The molecule has 2 rings (SSSR count). The lowest BCUT2D eigenvalue weighted by Gasteiger charge is -2.32. The molecule has 1 aromatic rings. The molecule has 1 fully saturated rings. The molecular weight excluding hydrogens is 282 g/mol. The third kappa shape index (κ3) is 4.19. The fourth-order valence-corrected chi connectivity index (χ4v) is 2.95. The monoisotopic (exact) mass is 303 g/mol. The molecule has 0 amide bonds. The Labute approximate surface area is 122 Å². The predicted molar refractivity (Wildman–Crippen MR) is 74.2 cm³/mol. The van der Waals surface area contributed by atoms with Crippen molar-refractivity contribution in [1.82, 2.24) is 5.32 Å². The summed E-state index contributed by atoms with van der Waals surface area (Å²) in [7, 11) is 0. The van der Waals surface area contributed by atoms with Gasteiger partial charge in [-0.25, -0.2) is 4.39 Å². The van der Waals surface area contributed by atoms with E-state index in [-0.39, 0.29) is 18.2 Å². The summed E-state index contributed by atoms with van der Waals surface area (Å²) in [6.45, 7) is 4.51. The molecule has 1 nitrogen and oxygen atoms in total. The van der Waals surface area contributed by atoms with Gasteiger partial charge >= 0.3 is 6.18 Å². The van der Waals surface area contributed by atoms with E-state index in [1.165, 1.54) is 6.07 Å². The van der Waals surface area contributed by atoms with Crippen molar-refractivity contribution < 1.29 is 17.6 Å². The van der Waals surface area contributed by atoms with Crippen molar-refractivity contribution in [3.8, 4) is 0 Å². The molecule has 118 valence electrons. The van der Waals surface area contributed by atoms with E-state index in [1.54, 1.807) is 0 Å². The second-order valence-electron chi connectivity index (χ2n) is 6.14. The molecule has 0 spiro atoms. The van der Waals surface area contributed by atoms with E-state index in [9.17, 15) is 17.6 Å². The van der Waals surface area contributed by atoms with Crippen molar-refractivity contribution in [3.63, 3.8) is 0 Å². The number of benzene rings is 1. The van der Waals surface area contributed by atoms with E-state index in [0.29, 0.717) is 17.9 Å². The Morgan fingerprint density at radius 1 is 1.14 bits per heavy atom. The zero-order valence-corrected chi connectivity index (χ0v) is 12.3. The van der Waals surface area contributed by atoms with Crippen LogP contribution in [0.1, 0.15) is 44.2 Å². The third-order valence-electron chi connectivity index (χ3n) is 4.56. The molecule has 0 heterocycles. The second-order valence-corrected chi connectivity index (χ2v) is 6.14. The number of alkyl halides is 3. The predicted octanol–water partition coefficient (Wildman–Crippen LogP) is 4.76. The van der Waals surface area contributed by atoms with Gasteiger partial charge in [0.1, 0.15) is 5.82 Å². The molecule has 1 N–H and O–H groups in total. The summed E-state index contributed by atoms with van der Waals surface area (Å²) >= 11 is 0. The Morgan fingerprint density at radius 2 is 1.86 bits per heavy atom. The number of hydrogen-bond acceptors (Lipinski definition) is 1. The SMILES string of the molecule is CC1CCC(NCc2ccc(F)cc2C(F)(F)F)CC1C. The first-order valence-electron chi connectivity index (χ1n) is 7.36. The summed E-state index contributed by atoms with van der Waals surface area (Å²) in [4.78, 5) is 0. The van der Waals surface area contributed by atoms with Gasteiger partial charge in [-0.1, -0.05) is 19.9 Å². The van der Waals surface area contributed by atoms with Crippen molar-refractivity contribution in [2.75, 3.05) is 0 Å². The summed E-state index contributed by atoms with van der Waals surface area (Å²) in [6, 6.07) is 3.11. The number of rotatable bonds is 3. The molecule has 0 aromatic heterocycles. The number of hydrogen-bond donors (Lipinski definition) is 1. The summed E-state index contributed by atoms with van der Waals surface area (Å²) < 4.78 is 51.8. The molecule has 1 aliphatic rings. The lowest BCUT2D eigenvalue weighted by Crippen LogP contribution is -2.36. The summed E-state index contributed by atoms with van der Waals surface area (Å²) in [5.41, 5.74) is -0.776. The molecule has 0 saturated heterocycles. The van der Waals surface area contributed by atoms with Gasteiger partial charge in [-0.15, -0.1) is 0 Å². The highest BCUT2D eigenvalue weighted by Gasteiger charge is 2.34. The average molecular weight is 303 g/mol. The Kier molecular flexibility index (Phi) is 4.91. The first-order chi connectivity index (χ1) is 9.77. The van der Waals surface area contributed by atoms with E-state index < -0.39 is 17.6 Å². The van der Waals surface area contributed by atoms with Gasteiger partial charge in [0, 0.05) is 12.6 Å². The van der Waals surface area contributed by atoms with E-state index in [2.05, 4.69) is 19.2 Å². The molecular formula is C16H21F4N. The normalized spacial score (nSPS) is 26.9. The highest BCUT2D eigenvalue weighted by molar-refractivity contribution is 5.30. The van der Waals surface area contributed by atoms with E-state index in [1.807, 2.05) is 0 Å². The maximum Gasteiger partial charge on any atom is 0.416 e. The summed E-state index contributed by atoms with van der Waals surface area (Å²) in [6.07, 6.45) is -1.47. The lowest BCUT2D eigenvalue weighted by atomic mass is 9.79. The van der Waals surface area contributed by atoms with Crippen LogP contribution < -0.4 is 5.32 Å². The third-order valence-corrected chi connectivity index (χ3v) is 4.56. The van der Waals surface area contributed by atoms with Gasteiger partial charge in [-0.2, -0.15) is 13.2 Å². The molecule has 3 unspecified atom stereocenters. The number of nitrogens with one attached hydrogen (secondary N) is 1. The Bertz CT molecular complexity index is 484. The second kappa shape index (κ2) is 6.34. The van der Waals surface area contributed by atoms with Crippen molar-refractivity contribution in [1.29, 1.82) is 0 Å². The van der Waals surface area contributed by atoms with E-state index in [0.717, 1.165) is 25.3 Å². The van der Waals surface area contributed by atoms with Gasteiger partial charge < -0.3 is 5.32 Å². The van der Waals surface area contributed by atoms with Crippen LogP contribution in [0, 0.1) is 17.7 Å². The summed E-state index contributed by atoms with van der Waals surface area (Å²) in [5, 5.41) is 3.20. The average Bonchev–Trinajstić information content (AvgIpc) is 2.40. The standard InChI is InChI=1S/C16H21F4N/c1-10-3-6-14(7-11(10)2)21-9-12-4-5-13(17)8-15(12)16(18,19)20/h4-5,8,10-11,14,21H,3,6-7,9H2,1-2H3. The van der Waals surface area contributed by atoms with Gasteiger partial charge in [0.15, 0.2) is 0 Å². The minimum Gasteiger partial charge on any atom is -0.310 e. The van der Waals surface area contributed by atoms with Gasteiger partial charge in [0.05, 0.1) is 5.56 Å². The van der Waals surface area contributed by atoms with Crippen molar-refractivity contribution >= 4 is 0 Å². The Balaban J connectivity index is 2.03. The van der Waals surface area contributed by atoms with Crippen molar-refractivity contribution in [2.45, 2.75) is 51.9 Å². The molecule has 1 saturated carbocycles. The molecule has 3 atom stereocenters. The first kappa shape index (κ1) is 16.3. The van der Waals surface area contributed by atoms with Crippen LogP contribution in [0.15, 0.2) is 18.2 Å². The van der Waals surface area contributed by atoms with Crippen LogP contribution in [0.25, 0.3) is 0 Å². The molecule has 0 aliphatic heterocycles. The maximum atomic E-state index is 13.0. The molecule has 0 bridgehead atoms. The van der Waals surface area contributed by atoms with Gasteiger partial charge in [0.25, 0.3) is 0 Å². The quantitative estimate of drug-likeness (QED) is 0.794. The van der Waals surface area contributed by atoms with Crippen LogP contribution in [0.2, 0.25) is 0 Å². The topological polar surface area (TPSA) is 12.0 Å². The Morgan fingerprint density at radius 3 is 2.48 bits per heavy atom. The maximum absolute atomic E-state index is 13.0. The van der Waals surface area contributed by atoms with Crippen LogP contribution in [0.4, 0.5) is 17.6 Å². The van der Waals surface area contributed by atoms with Crippen molar-refractivity contribution in [2.24, 2.45) is 11.8 Å².